The predicted octanol–water partition coefficient (Wildman–Crippen LogP) is 7.58. The molecule has 4 atom stereocenters. The van der Waals surface area contributed by atoms with Crippen LogP contribution in [0.4, 0.5) is 0 Å². The van der Waals surface area contributed by atoms with E-state index in [0.717, 1.165) is 47.5 Å². The van der Waals surface area contributed by atoms with E-state index in [4.69, 9.17) is 9.47 Å². The Kier molecular flexibility index (Phi) is 7.27. The summed E-state index contributed by atoms with van der Waals surface area (Å²) in [5.74, 6) is 2.93. The van der Waals surface area contributed by atoms with Crippen LogP contribution in [-0.2, 0) is 24.4 Å². The van der Waals surface area contributed by atoms with Crippen molar-refractivity contribution in [3.8, 4) is 11.5 Å². The van der Waals surface area contributed by atoms with Crippen LogP contribution in [0.5, 0.6) is 11.5 Å². The molecule has 0 unspecified atom stereocenters. The molecule has 2 aliphatic rings. The number of hydrogen-bond donors (Lipinski definition) is 0. The Hall–Kier alpha value is -3.33. The molecule has 3 heteroatoms. The Morgan fingerprint density at radius 1 is 0.861 bits per heavy atom. The molecule has 0 heterocycles. The number of ether oxygens (including phenoxy) is 2. The molecule has 3 aromatic carbocycles. The number of Topliss-reactive ketones (excluding diaryl/α,β-unsaturated/α-hetero) is 1. The van der Waals surface area contributed by atoms with Crippen molar-refractivity contribution in [2.45, 2.75) is 52.7 Å². The number of benzene rings is 3. The van der Waals surface area contributed by atoms with Gasteiger partial charge in [-0.2, -0.15) is 0 Å². The van der Waals surface area contributed by atoms with Crippen molar-refractivity contribution in [2.75, 3.05) is 0 Å². The van der Waals surface area contributed by atoms with Crippen LogP contribution in [0.2, 0.25) is 0 Å². The molecule has 0 spiro atoms. The van der Waals surface area contributed by atoms with Crippen molar-refractivity contribution in [1.82, 2.24) is 0 Å². The minimum atomic E-state index is -0.0294. The zero-order valence-corrected chi connectivity index (χ0v) is 21.4. The molecule has 2 aliphatic carbocycles. The molecule has 36 heavy (non-hydrogen) atoms. The SMILES string of the molecule is C[C@H]1C=C[C@H]2C(=O)CCC[C@@H]2[C@@]1(C)Cc1cc(OCc2ccccc2)ccc1OCc1ccccc1. The molecule has 0 radical (unpaired) electrons. The maximum atomic E-state index is 12.8. The molecule has 0 bridgehead atoms. The lowest BCUT2D eigenvalue weighted by Gasteiger charge is -2.49. The van der Waals surface area contributed by atoms with Gasteiger partial charge in [-0.3, -0.25) is 4.79 Å². The molecular weight excluding hydrogens is 444 g/mol. The van der Waals surface area contributed by atoms with Gasteiger partial charge in [0.25, 0.3) is 0 Å². The summed E-state index contributed by atoms with van der Waals surface area (Å²) in [5, 5.41) is 0. The predicted molar refractivity (Wildman–Crippen MR) is 144 cm³/mol. The zero-order valence-electron chi connectivity index (χ0n) is 21.4. The van der Waals surface area contributed by atoms with E-state index in [2.05, 4.69) is 62.4 Å². The molecule has 3 aromatic rings. The minimum Gasteiger partial charge on any atom is -0.489 e. The highest BCUT2D eigenvalue weighted by molar-refractivity contribution is 5.84. The van der Waals surface area contributed by atoms with Crippen molar-refractivity contribution in [3.63, 3.8) is 0 Å². The second-order valence-electron chi connectivity index (χ2n) is 10.7. The van der Waals surface area contributed by atoms with E-state index in [-0.39, 0.29) is 11.3 Å². The third-order valence-electron chi connectivity index (χ3n) is 8.33. The van der Waals surface area contributed by atoms with E-state index in [9.17, 15) is 4.79 Å². The maximum Gasteiger partial charge on any atom is 0.140 e. The van der Waals surface area contributed by atoms with Crippen molar-refractivity contribution in [1.29, 1.82) is 0 Å². The Morgan fingerprint density at radius 2 is 1.53 bits per heavy atom. The minimum absolute atomic E-state index is 0.0294. The number of carbonyl (C=O) groups is 1. The lowest BCUT2D eigenvalue weighted by atomic mass is 9.55. The number of hydrogen-bond acceptors (Lipinski definition) is 3. The first kappa shape index (κ1) is 24.4. The van der Waals surface area contributed by atoms with Gasteiger partial charge >= 0.3 is 0 Å². The summed E-state index contributed by atoms with van der Waals surface area (Å²) >= 11 is 0. The molecule has 0 aliphatic heterocycles. The lowest BCUT2D eigenvalue weighted by molar-refractivity contribution is -0.128. The Morgan fingerprint density at radius 3 is 2.22 bits per heavy atom. The van der Waals surface area contributed by atoms with Crippen molar-refractivity contribution in [3.05, 3.63) is 108 Å². The summed E-state index contributed by atoms with van der Waals surface area (Å²) < 4.78 is 12.6. The summed E-state index contributed by atoms with van der Waals surface area (Å²) in [6.45, 7) is 5.72. The third-order valence-corrected chi connectivity index (χ3v) is 8.33. The molecular formula is C33H36O3. The van der Waals surface area contributed by atoms with Crippen LogP contribution in [0.1, 0.15) is 49.8 Å². The van der Waals surface area contributed by atoms with Crippen LogP contribution in [-0.4, -0.2) is 5.78 Å². The monoisotopic (exact) mass is 480 g/mol. The highest BCUT2D eigenvalue weighted by Gasteiger charge is 2.47. The normalized spacial score (nSPS) is 25.3. The van der Waals surface area contributed by atoms with Crippen LogP contribution in [0.25, 0.3) is 0 Å². The molecule has 0 aromatic heterocycles. The van der Waals surface area contributed by atoms with Crippen molar-refractivity contribution in [2.24, 2.45) is 23.2 Å². The van der Waals surface area contributed by atoms with Gasteiger partial charge in [-0.15, -0.1) is 0 Å². The molecule has 1 saturated carbocycles. The second kappa shape index (κ2) is 10.7. The van der Waals surface area contributed by atoms with Gasteiger partial charge in [0.1, 0.15) is 30.5 Å². The van der Waals surface area contributed by atoms with Crippen molar-refractivity contribution >= 4 is 5.78 Å². The zero-order chi connectivity index (χ0) is 25.0. The van der Waals surface area contributed by atoms with Gasteiger partial charge in [0.2, 0.25) is 0 Å². The van der Waals surface area contributed by atoms with Crippen molar-refractivity contribution < 1.29 is 14.3 Å². The summed E-state index contributed by atoms with van der Waals surface area (Å²) in [7, 11) is 0. The first-order chi connectivity index (χ1) is 17.5. The molecule has 0 saturated heterocycles. The average Bonchev–Trinajstić information content (AvgIpc) is 2.91. The van der Waals surface area contributed by atoms with Gasteiger partial charge in [0.05, 0.1) is 0 Å². The van der Waals surface area contributed by atoms with Gasteiger partial charge in [-0.05, 0) is 71.4 Å². The van der Waals surface area contributed by atoms with Crippen LogP contribution in [0.15, 0.2) is 91.0 Å². The Labute approximate surface area is 215 Å². The smallest absolute Gasteiger partial charge is 0.140 e. The third kappa shape index (κ3) is 5.26. The fraction of sp³-hybridized carbons (Fsp3) is 0.364. The fourth-order valence-corrected chi connectivity index (χ4v) is 6.00. The maximum absolute atomic E-state index is 12.8. The molecule has 186 valence electrons. The summed E-state index contributed by atoms with van der Waals surface area (Å²) in [4.78, 5) is 12.8. The average molecular weight is 481 g/mol. The first-order valence-electron chi connectivity index (χ1n) is 13.2. The first-order valence-corrected chi connectivity index (χ1v) is 13.2. The summed E-state index contributed by atoms with van der Waals surface area (Å²) in [5.41, 5.74) is 3.41. The van der Waals surface area contributed by atoms with E-state index >= 15 is 0 Å². The quantitative estimate of drug-likeness (QED) is 0.312. The van der Waals surface area contributed by atoms with Crippen LogP contribution >= 0.6 is 0 Å². The topological polar surface area (TPSA) is 35.5 Å². The van der Waals surface area contributed by atoms with Crippen LogP contribution in [0, 0.1) is 23.2 Å². The molecule has 5 rings (SSSR count). The Balaban J connectivity index is 1.43. The lowest BCUT2D eigenvalue weighted by Crippen LogP contribution is -2.46. The number of fused-ring (bicyclic) bond motifs is 1. The molecule has 0 amide bonds. The highest BCUT2D eigenvalue weighted by Crippen LogP contribution is 2.52. The van der Waals surface area contributed by atoms with Gasteiger partial charge < -0.3 is 9.47 Å². The summed E-state index contributed by atoms with van der Waals surface area (Å²) in [6.07, 6.45) is 8.11. The van der Waals surface area contributed by atoms with Gasteiger partial charge in [0.15, 0.2) is 0 Å². The van der Waals surface area contributed by atoms with E-state index in [1.54, 1.807) is 0 Å². The number of carbonyl (C=O) groups excluding carboxylic acids is 1. The number of allylic oxidation sites excluding steroid dienone is 2. The van der Waals surface area contributed by atoms with Crippen LogP contribution < -0.4 is 9.47 Å². The largest absolute Gasteiger partial charge is 0.489 e. The number of ketones is 1. The Bertz CT molecular complexity index is 1200. The number of rotatable bonds is 8. The second-order valence-corrected chi connectivity index (χ2v) is 10.7. The summed E-state index contributed by atoms with van der Waals surface area (Å²) in [6, 6.07) is 26.7. The van der Waals surface area contributed by atoms with Gasteiger partial charge in [-0.25, -0.2) is 0 Å². The van der Waals surface area contributed by atoms with E-state index in [1.807, 2.05) is 42.5 Å². The van der Waals surface area contributed by atoms with E-state index < -0.39 is 0 Å². The van der Waals surface area contributed by atoms with E-state index in [0.29, 0.717) is 37.3 Å². The molecule has 3 nitrogen and oxygen atoms in total. The van der Waals surface area contributed by atoms with E-state index in [1.165, 1.54) is 0 Å². The fourth-order valence-electron chi connectivity index (χ4n) is 6.00. The van der Waals surface area contributed by atoms with Gasteiger partial charge in [0, 0.05) is 12.3 Å². The van der Waals surface area contributed by atoms with Gasteiger partial charge in [-0.1, -0.05) is 86.7 Å². The highest BCUT2D eigenvalue weighted by atomic mass is 16.5. The molecule has 1 fully saturated rings. The van der Waals surface area contributed by atoms with Crippen LogP contribution in [0.3, 0.4) is 0 Å². The standard InChI is InChI=1S/C33H36O3/c1-24-16-18-29-30(14-9-15-31(29)34)33(24,2)21-27-20-28(35-22-25-10-5-3-6-11-25)17-19-32(27)36-23-26-12-7-4-8-13-26/h3-8,10-13,16-20,24,29-30H,9,14-15,21-23H2,1-2H3/t24-,29+,30-,33-/m0/s1. The molecule has 0 N–H and O–H groups in total.